The van der Waals surface area contributed by atoms with E-state index in [4.69, 9.17) is 21.7 Å². The first-order chi connectivity index (χ1) is 9.05. The zero-order valence-electron chi connectivity index (χ0n) is 10.2. The maximum Gasteiger partial charge on any atom is 0.289 e. The van der Waals surface area contributed by atoms with Crippen LogP contribution in [0.3, 0.4) is 0 Å². The van der Waals surface area contributed by atoms with Crippen LogP contribution in [-0.4, -0.2) is 29.6 Å². The summed E-state index contributed by atoms with van der Waals surface area (Å²) >= 11 is 6.06. The van der Waals surface area contributed by atoms with E-state index in [0.29, 0.717) is 27.0 Å². The summed E-state index contributed by atoms with van der Waals surface area (Å²) in [4.78, 5) is 12.2. The number of carbonyl (C=O) groups excluding carboxylic acids is 1. The van der Waals surface area contributed by atoms with Crippen LogP contribution in [0.4, 0.5) is 4.79 Å². The molecule has 1 amide bonds. The van der Waals surface area contributed by atoms with Crippen LogP contribution in [-0.2, 0) is 0 Å². The topological polar surface area (TPSA) is 67.8 Å². The van der Waals surface area contributed by atoms with Gasteiger partial charge in [-0.3, -0.25) is 4.79 Å². The lowest BCUT2D eigenvalue weighted by molar-refractivity contribution is 0.265. The minimum atomic E-state index is -0.200. The second-order valence-electron chi connectivity index (χ2n) is 3.63. The average Bonchev–Trinajstić information content (AvgIpc) is 2.69. The molecule has 1 fully saturated rings. The summed E-state index contributed by atoms with van der Waals surface area (Å²) in [6.45, 7) is 0. The van der Waals surface area contributed by atoms with E-state index in [9.17, 15) is 9.90 Å². The summed E-state index contributed by atoms with van der Waals surface area (Å²) in [7, 11) is 2.90. The summed E-state index contributed by atoms with van der Waals surface area (Å²) in [5, 5.41) is 12.1. The van der Waals surface area contributed by atoms with Crippen LogP contribution in [0.2, 0.25) is 0 Å². The second-order valence-corrected chi connectivity index (χ2v) is 5.05. The highest BCUT2D eigenvalue weighted by Crippen LogP contribution is 2.38. The molecule has 1 aliphatic rings. The Hall–Kier alpha value is -1.73. The Labute approximate surface area is 119 Å². The van der Waals surface area contributed by atoms with Gasteiger partial charge in [0.25, 0.3) is 5.24 Å². The molecule has 2 rings (SSSR count). The highest BCUT2D eigenvalue weighted by atomic mass is 32.2. The summed E-state index contributed by atoms with van der Waals surface area (Å²) in [6, 6.07) is 3.27. The number of thiocarbonyl (C=S) groups is 1. The van der Waals surface area contributed by atoms with E-state index in [0.717, 1.165) is 11.8 Å². The number of phenols is 1. The second kappa shape index (κ2) is 5.50. The van der Waals surface area contributed by atoms with Gasteiger partial charge in [0.1, 0.15) is 4.99 Å². The number of hydrogen-bond acceptors (Lipinski definition) is 6. The lowest BCUT2D eigenvalue weighted by Gasteiger charge is -2.09. The number of phenolic OH excluding ortho intramolecular Hbond substituents is 1. The number of rotatable bonds is 3. The van der Waals surface area contributed by atoms with Gasteiger partial charge in [0.2, 0.25) is 5.75 Å². The van der Waals surface area contributed by atoms with E-state index in [-0.39, 0.29) is 11.0 Å². The minimum Gasteiger partial charge on any atom is -0.502 e. The van der Waals surface area contributed by atoms with Crippen LogP contribution in [0.15, 0.2) is 17.0 Å². The maximum absolute atomic E-state index is 11.2. The molecule has 0 radical (unpaired) electrons. The molecule has 0 aliphatic carbocycles. The van der Waals surface area contributed by atoms with Crippen molar-refractivity contribution in [3.63, 3.8) is 0 Å². The Morgan fingerprint density at radius 1 is 1.32 bits per heavy atom. The highest BCUT2D eigenvalue weighted by Gasteiger charge is 2.22. The van der Waals surface area contributed by atoms with Crippen LogP contribution in [0.25, 0.3) is 6.08 Å². The van der Waals surface area contributed by atoms with Gasteiger partial charge in [0.05, 0.1) is 19.1 Å². The molecule has 0 aromatic heterocycles. The molecule has 1 heterocycles. The molecule has 1 saturated heterocycles. The third kappa shape index (κ3) is 2.82. The van der Waals surface area contributed by atoms with Gasteiger partial charge in [0.15, 0.2) is 11.5 Å². The van der Waals surface area contributed by atoms with Gasteiger partial charge >= 0.3 is 0 Å². The number of nitrogens with one attached hydrogen (secondary N) is 1. The third-order valence-corrected chi connectivity index (χ3v) is 3.72. The summed E-state index contributed by atoms with van der Waals surface area (Å²) < 4.78 is 10.1. The van der Waals surface area contributed by atoms with Crippen LogP contribution in [0.1, 0.15) is 5.56 Å². The predicted octanol–water partition coefficient (Wildman–Crippen LogP) is 2.53. The van der Waals surface area contributed by atoms with Gasteiger partial charge in [-0.2, -0.15) is 0 Å². The zero-order valence-corrected chi connectivity index (χ0v) is 11.9. The smallest absolute Gasteiger partial charge is 0.289 e. The quantitative estimate of drug-likeness (QED) is 0.660. The predicted molar refractivity (Wildman–Crippen MR) is 77.9 cm³/mol. The number of carbonyl (C=O) groups is 1. The SMILES string of the molecule is COc1cc(C=C2SC(=O)NC2=S)cc(OC)c1O. The molecule has 100 valence electrons. The fourth-order valence-corrected chi connectivity index (χ4v) is 2.60. The molecule has 2 N–H and O–H groups in total. The molecule has 0 atom stereocenters. The van der Waals surface area contributed by atoms with Crippen molar-refractivity contribution >= 4 is 40.3 Å². The zero-order chi connectivity index (χ0) is 14.0. The first kappa shape index (κ1) is 13.7. The molecule has 5 nitrogen and oxygen atoms in total. The number of methoxy groups -OCH3 is 2. The molecule has 1 aliphatic heterocycles. The lowest BCUT2D eigenvalue weighted by atomic mass is 10.1. The van der Waals surface area contributed by atoms with Crippen LogP contribution >= 0.6 is 24.0 Å². The van der Waals surface area contributed by atoms with E-state index in [1.54, 1.807) is 18.2 Å². The molecule has 1 aromatic carbocycles. The van der Waals surface area contributed by atoms with Crippen LogP contribution < -0.4 is 14.8 Å². The maximum atomic E-state index is 11.2. The molecule has 0 spiro atoms. The Morgan fingerprint density at radius 3 is 2.32 bits per heavy atom. The van der Waals surface area contributed by atoms with Gasteiger partial charge in [-0.1, -0.05) is 12.2 Å². The van der Waals surface area contributed by atoms with Crippen molar-refractivity contribution < 1.29 is 19.4 Å². The van der Waals surface area contributed by atoms with Gasteiger partial charge in [-0.05, 0) is 35.5 Å². The highest BCUT2D eigenvalue weighted by molar-refractivity contribution is 8.19. The number of amides is 1. The van der Waals surface area contributed by atoms with Crippen molar-refractivity contribution in [1.82, 2.24) is 5.32 Å². The summed E-state index contributed by atoms with van der Waals surface area (Å²) in [5.41, 5.74) is 0.716. The van der Waals surface area contributed by atoms with Gasteiger partial charge in [0, 0.05) is 0 Å². The normalized spacial score (nSPS) is 16.6. The Kier molecular flexibility index (Phi) is 3.96. The van der Waals surface area contributed by atoms with Gasteiger partial charge < -0.3 is 19.9 Å². The molecule has 7 heteroatoms. The Morgan fingerprint density at radius 2 is 1.89 bits per heavy atom. The van der Waals surface area contributed by atoms with Crippen molar-refractivity contribution in [3.8, 4) is 17.2 Å². The minimum absolute atomic E-state index is 0.0667. The van der Waals surface area contributed by atoms with E-state index in [1.807, 2.05) is 0 Å². The average molecular weight is 297 g/mol. The fraction of sp³-hybridized carbons (Fsp3) is 0.167. The van der Waals surface area contributed by atoms with Crippen molar-refractivity contribution in [2.45, 2.75) is 0 Å². The van der Waals surface area contributed by atoms with E-state index < -0.39 is 0 Å². The lowest BCUT2D eigenvalue weighted by Crippen LogP contribution is -2.15. The van der Waals surface area contributed by atoms with E-state index in [2.05, 4.69) is 5.32 Å². The Balaban J connectivity index is 2.43. The van der Waals surface area contributed by atoms with Crippen molar-refractivity contribution in [2.75, 3.05) is 14.2 Å². The number of ether oxygens (including phenoxy) is 2. The number of hydrogen-bond donors (Lipinski definition) is 2. The van der Waals surface area contributed by atoms with Crippen molar-refractivity contribution in [1.29, 1.82) is 0 Å². The first-order valence-corrected chi connectivity index (χ1v) is 6.47. The molecular formula is C12H11NO4S2. The first-order valence-electron chi connectivity index (χ1n) is 5.25. The van der Waals surface area contributed by atoms with Crippen molar-refractivity contribution in [3.05, 3.63) is 22.6 Å². The molecule has 0 unspecified atom stereocenters. The largest absolute Gasteiger partial charge is 0.502 e. The number of thioether (sulfide) groups is 1. The summed E-state index contributed by atoms with van der Waals surface area (Å²) in [6.07, 6.45) is 1.73. The van der Waals surface area contributed by atoms with E-state index >= 15 is 0 Å². The third-order valence-electron chi connectivity index (χ3n) is 2.44. The summed E-state index contributed by atoms with van der Waals surface area (Å²) in [5.74, 6) is 0.516. The van der Waals surface area contributed by atoms with Crippen molar-refractivity contribution in [2.24, 2.45) is 0 Å². The van der Waals surface area contributed by atoms with Gasteiger partial charge in [-0.25, -0.2) is 0 Å². The Bertz CT molecular complexity index is 558. The molecule has 1 aromatic rings. The molecular weight excluding hydrogens is 286 g/mol. The molecule has 19 heavy (non-hydrogen) atoms. The van der Waals surface area contributed by atoms with Gasteiger partial charge in [-0.15, -0.1) is 0 Å². The molecule has 0 bridgehead atoms. The van der Waals surface area contributed by atoms with Crippen LogP contribution in [0.5, 0.6) is 17.2 Å². The van der Waals surface area contributed by atoms with E-state index in [1.165, 1.54) is 14.2 Å². The number of benzene rings is 1. The number of aromatic hydroxyl groups is 1. The molecule has 0 saturated carbocycles. The fourth-order valence-electron chi connectivity index (χ4n) is 1.57. The van der Waals surface area contributed by atoms with Crippen LogP contribution in [0, 0.1) is 0 Å². The standard InChI is InChI=1S/C12H11NO4S2/c1-16-7-3-6(4-8(17-2)10(7)14)5-9-11(18)13-12(15)19-9/h3-5,14H,1-2H3,(H,13,15,18). The monoisotopic (exact) mass is 297 g/mol.